The fourth-order valence-electron chi connectivity index (χ4n) is 0.994. The first-order valence-corrected chi connectivity index (χ1v) is 5.34. The second-order valence-corrected chi connectivity index (χ2v) is 3.47. The average Bonchev–Trinajstić information content (AvgIpc) is 2.32. The lowest BCUT2D eigenvalue weighted by Gasteiger charge is -1.99. The second kappa shape index (κ2) is 6.70. The molecule has 0 radical (unpaired) electrons. The molecule has 5 nitrogen and oxygen atoms in total. The third-order valence-electron chi connectivity index (χ3n) is 1.78. The Labute approximate surface area is 108 Å². The van der Waals surface area contributed by atoms with Crippen molar-refractivity contribution in [3.05, 3.63) is 41.0 Å². The zero-order valence-corrected chi connectivity index (χ0v) is 10.2. The molecular formula is C11H10ClFN2O3. The largest absolute Gasteiger partial charge is 0.513 e. The van der Waals surface area contributed by atoms with Crippen LogP contribution in [0, 0.1) is 5.82 Å². The maximum Gasteiger partial charge on any atom is 0.362 e. The third-order valence-corrected chi connectivity index (χ3v) is 2.02. The molecule has 0 saturated heterocycles. The Morgan fingerprint density at radius 2 is 2.33 bits per heavy atom. The van der Waals surface area contributed by atoms with Crippen molar-refractivity contribution in [1.29, 1.82) is 0 Å². The van der Waals surface area contributed by atoms with Crippen LogP contribution in [0.4, 0.5) is 10.1 Å². The second-order valence-electron chi connectivity index (χ2n) is 3.03. The third kappa shape index (κ3) is 3.81. The van der Waals surface area contributed by atoms with Gasteiger partial charge in [-0.1, -0.05) is 11.6 Å². The number of halogens is 2. The summed E-state index contributed by atoms with van der Waals surface area (Å²) in [7, 11) is 0. The molecule has 1 aromatic rings. The Balaban J connectivity index is 2.88. The minimum Gasteiger partial charge on any atom is -0.513 e. The molecule has 0 atom stereocenters. The van der Waals surface area contributed by atoms with E-state index < -0.39 is 17.5 Å². The number of azo groups is 1. The van der Waals surface area contributed by atoms with Gasteiger partial charge in [0, 0.05) is 5.02 Å². The summed E-state index contributed by atoms with van der Waals surface area (Å²) in [5, 5.41) is 15.9. The number of ether oxygens (including phenoxy) is 1. The molecule has 0 aliphatic heterocycles. The number of rotatable bonds is 4. The molecular weight excluding hydrogens is 263 g/mol. The normalized spacial score (nSPS) is 11.8. The molecule has 96 valence electrons. The number of hydrogen-bond donors (Lipinski definition) is 1. The van der Waals surface area contributed by atoms with Gasteiger partial charge in [-0.05, 0) is 25.1 Å². The predicted molar refractivity (Wildman–Crippen MR) is 63.3 cm³/mol. The smallest absolute Gasteiger partial charge is 0.362 e. The number of aliphatic hydroxyl groups is 1. The predicted octanol–water partition coefficient (Wildman–Crippen LogP) is 3.53. The molecule has 0 aliphatic carbocycles. The molecule has 1 rings (SSSR count). The van der Waals surface area contributed by atoms with E-state index in [4.69, 9.17) is 16.7 Å². The quantitative estimate of drug-likeness (QED) is 0.394. The van der Waals surface area contributed by atoms with Crippen LogP contribution in [0.2, 0.25) is 5.02 Å². The van der Waals surface area contributed by atoms with Crippen LogP contribution in [0.25, 0.3) is 0 Å². The molecule has 18 heavy (non-hydrogen) atoms. The van der Waals surface area contributed by atoms with Crippen molar-refractivity contribution in [2.24, 2.45) is 10.2 Å². The molecule has 0 bridgehead atoms. The van der Waals surface area contributed by atoms with E-state index >= 15 is 0 Å². The van der Waals surface area contributed by atoms with Crippen molar-refractivity contribution in [1.82, 2.24) is 0 Å². The number of benzene rings is 1. The minimum absolute atomic E-state index is 0.108. The zero-order chi connectivity index (χ0) is 13.5. The van der Waals surface area contributed by atoms with Crippen molar-refractivity contribution >= 4 is 23.3 Å². The Hall–Kier alpha value is -1.95. The van der Waals surface area contributed by atoms with Crippen LogP contribution < -0.4 is 0 Å². The van der Waals surface area contributed by atoms with Gasteiger partial charge < -0.3 is 9.84 Å². The summed E-state index contributed by atoms with van der Waals surface area (Å²) in [5.41, 5.74) is -0.533. The lowest BCUT2D eigenvalue weighted by molar-refractivity contribution is -0.138. The molecule has 0 aliphatic rings. The molecule has 1 N–H and O–H groups in total. The van der Waals surface area contributed by atoms with Gasteiger partial charge in [0.15, 0.2) is 5.82 Å². The minimum atomic E-state index is -0.849. The number of aliphatic hydroxyl groups excluding tert-OH is 1. The van der Waals surface area contributed by atoms with Gasteiger partial charge in [-0.25, -0.2) is 9.18 Å². The fourth-order valence-corrected chi connectivity index (χ4v) is 1.15. The van der Waals surface area contributed by atoms with Crippen LogP contribution in [0.5, 0.6) is 0 Å². The summed E-state index contributed by atoms with van der Waals surface area (Å²) >= 11 is 5.56. The van der Waals surface area contributed by atoms with Crippen molar-refractivity contribution in [2.45, 2.75) is 6.92 Å². The van der Waals surface area contributed by atoms with E-state index in [1.807, 2.05) is 0 Å². The summed E-state index contributed by atoms with van der Waals surface area (Å²) in [6.07, 6.45) is 0.440. The highest BCUT2D eigenvalue weighted by Gasteiger charge is 2.10. The van der Waals surface area contributed by atoms with E-state index in [0.717, 1.165) is 6.07 Å². The molecule has 0 heterocycles. The molecule has 0 amide bonds. The highest BCUT2D eigenvalue weighted by atomic mass is 35.5. The number of hydrogen-bond acceptors (Lipinski definition) is 5. The van der Waals surface area contributed by atoms with Gasteiger partial charge in [-0.3, -0.25) is 0 Å². The molecule has 1 aromatic carbocycles. The van der Waals surface area contributed by atoms with Gasteiger partial charge in [0.25, 0.3) is 0 Å². The van der Waals surface area contributed by atoms with Crippen molar-refractivity contribution < 1.29 is 19.0 Å². The van der Waals surface area contributed by atoms with Crippen LogP contribution in [0.15, 0.2) is 40.4 Å². The van der Waals surface area contributed by atoms with Crippen LogP contribution in [0.3, 0.4) is 0 Å². The summed E-state index contributed by atoms with van der Waals surface area (Å²) < 4.78 is 17.9. The molecule has 0 saturated carbocycles. The van der Waals surface area contributed by atoms with Gasteiger partial charge in [0.2, 0.25) is 5.70 Å². The Morgan fingerprint density at radius 3 is 2.89 bits per heavy atom. The van der Waals surface area contributed by atoms with Crippen LogP contribution >= 0.6 is 11.6 Å². The lowest BCUT2D eigenvalue weighted by atomic mass is 10.3. The summed E-state index contributed by atoms with van der Waals surface area (Å²) in [6.45, 7) is 1.73. The van der Waals surface area contributed by atoms with Gasteiger partial charge in [-0.15, -0.1) is 10.2 Å². The maximum absolute atomic E-state index is 13.3. The van der Waals surface area contributed by atoms with Crippen LogP contribution in [-0.2, 0) is 9.53 Å². The van der Waals surface area contributed by atoms with E-state index in [9.17, 15) is 9.18 Å². The summed E-state index contributed by atoms with van der Waals surface area (Å²) in [5.74, 6) is -1.54. The Kier molecular flexibility index (Phi) is 5.26. The van der Waals surface area contributed by atoms with Crippen LogP contribution in [0.1, 0.15) is 6.92 Å². The fraction of sp³-hybridized carbons (Fsp3) is 0.182. The number of carbonyl (C=O) groups is 1. The van der Waals surface area contributed by atoms with Gasteiger partial charge >= 0.3 is 5.97 Å². The first-order chi connectivity index (χ1) is 8.58. The van der Waals surface area contributed by atoms with E-state index in [0.29, 0.717) is 6.26 Å². The molecule has 7 heteroatoms. The van der Waals surface area contributed by atoms with E-state index in [-0.39, 0.29) is 17.3 Å². The monoisotopic (exact) mass is 272 g/mol. The van der Waals surface area contributed by atoms with E-state index in [1.165, 1.54) is 12.1 Å². The summed E-state index contributed by atoms with van der Waals surface area (Å²) in [4.78, 5) is 11.2. The summed E-state index contributed by atoms with van der Waals surface area (Å²) in [6, 6.07) is 3.77. The maximum atomic E-state index is 13.3. The highest BCUT2D eigenvalue weighted by Crippen LogP contribution is 2.22. The van der Waals surface area contributed by atoms with E-state index in [1.54, 1.807) is 6.92 Å². The molecule has 0 fully saturated rings. The Morgan fingerprint density at radius 1 is 1.61 bits per heavy atom. The number of carbonyl (C=O) groups excluding carboxylic acids is 1. The van der Waals surface area contributed by atoms with Crippen molar-refractivity contribution in [3.63, 3.8) is 0 Å². The lowest BCUT2D eigenvalue weighted by Crippen LogP contribution is -2.05. The number of nitrogens with zero attached hydrogens (tertiary/aromatic N) is 2. The molecule has 0 aromatic heterocycles. The van der Waals surface area contributed by atoms with Gasteiger partial charge in [0.05, 0.1) is 6.61 Å². The Bertz CT molecular complexity index is 503. The van der Waals surface area contributed by atoms with Crippen molar-refractivity contribution in [3.8, 4) is 0 Å². The van der Waals surface area contributed by atoms with Gasteiger partial charge in [0.1, 0.15) is 11.9 Å². The first-order valence-electron chi connectivity index (χ1n) is 4.96. The highest BCUT2D eigenvalue weighted by molar-refractivity contribution is 6.30. The molecule has 0 unspecified atom stereocenters. The SMILES string of the molecule is CCOC(=O)/C(=C\O)N=Nc1ccc(Cl)cc1F. The zero-order valence-electron chi connectivity index (χ0n) is 9.43. The molecule has 0 spiro atoms. The van der Waals surface area contributed by atoms with Gasteiger partial charge in [-0.2, -0.15) is 0 Å². The number of esters is 1. The van der Waals surface area contributed by atoms with Crippen molar-refractivity contribution in [2.75, 3.05) is 6.61 Å². The van der Waals surface area contributed by atoms with Crippen LogP contribution in [-0.4, -0.2) is 17.7 Å². The first kappa shape index (κ1) is 14.1. The average molecular weight is 273 g/mol. The van der Waals surface area contributed by atoms with E-state index in [2.05, 4.69) is 15.0 Å². The standard InChI is InChI=1S/C11H10ClFN2O3/c1-2-18-11(17)10(6-16)15-14-9-4-3-7(12)5-8(9)13/h3-6,16H,2H2,1H3/b10-6+,15-14?. The topological polar surface area (TPSA) is 71.2 Å².